The third-order valence-corrected chi connectivity index (χ3v) is 5.01. The summed E-state index contributed by atoms with van der Waals surface area (Å²) in [6.45, 7) is 5.86. The van der Waals surface area contributed by atoms with Crippen LogP contribution in [0.25, 0.3) is 0 Å². The molecule has 1 N–H and O–H groups in total. The minimum Gasteiger partial charge on any atom is -0.449 e. The van der Waals surface area contributed by atoms with Crippen LogP contribution in [0.1, 0.15) is 31.1 Å². The average molecular weight is 372 g/mol. The van der Waals surface area contributed by atoms with Crippen LogP contribution < -0.4 is 5.32 Å². The van der Waals surface area contributed by atoms with Crippen molar-refractivity contribution >= 4 is 21.9 Å². The molecule has 0 saturated heterocycles. The van der Waals surface area contributed by atoms with E-state index in [2.05, 4.69) is 10.2 Å². The van der Waals surface area contributed by atoms with Crippen LogP contribution in [0, 0.1) is 5.92 Å². The number of carbonyl (C=O) groups is 2. The lowest BCUT2D eigenvalue weighted by Gasteiger charge is -2.15. The third kappa shape index (κ3) is 5.80. The Morgan fingerprint density at radius 2 is 1.72 bits per heavy atom. The van der Waals surface area contributed by atoms with Crippen LogP contribution in [0.5, 0.6) is 0 Å². The van der Waals surface area contributed by atoms with Gasteiger partial charge in [0.05, 0.1) is 17.6 Å². The molecule has 0 radical (unpaired) electrons. The molecule has 1 aromatic carbocycles. The molecular formula is C16H24N2O6S. The number of rotatable bonds is 8. The Labute approximate surface area is 148 Å². The number of sulfonamides is 1. The molecular weight excluding hydrogens is 348 g/mol. The number of benzene rings is 1. The van der Waals surface area contributed by atoms with Gasteiger partial charge in [0, 0.05) is 13.6 Å². The van der Waals surface area contributed by atoms with Gasteiger partial charge in [0.1, 0.15) is 0 Å². The molecule has 0 heterocycles. The summed E-state index contributed by atoms with van der Waals surface area (Å²) < 4.78 is 29.9. The predicted octanol–water partition coefficient (Wildman–Crippen LogP) is 1.19. The number of hydrogen-bond acceptors (Lipinski definition) is 6. The van der Waals surface area contributed by atoms with Gasteiger partial charge in [0.25, 0.3) is 15.9 Å². The number of esters is 1. The molecule has 0 unspecified atom stereocenters. The normalized spacial score (nSPS) is 12.9. The molecule has 0 spiro atoms. The fourth-order valence-corrected chi connectivity index (χ4v) is 2.71. The minimum absolute atomic E-state index is 0.0314. The van der Waals surface area contributed by atoms with Crippen LogP contribution in [-0.2, 0) is 24.4 Å². The zero-order chi connectivity index (χ0) is 19.2. The first-order chi connectivity index (χ1) is 11.6. The highest BCUT2D eigenvalue weighted by atomic mass is 32.2. The molecule has 0 aliphatic rings. The van der Waals surface area contributed by atoms with Crippen LogP contribution in [0.4, 0.5) is 0 Å². The Morgan fingerprint density at radius 1 is 1.16 bits per heavy atom. The first-order valence-electron chi connectivity index (χ1n) is 7.71. The maximum atomic E-state index is 12.1. The molecule has 0 fully saturated rings. The van der Waals surface area contributed by atoms with Crippen LogP contribution in [0.15, 0.2) is 29.2 Å². The Kier molecular flexibility index (Phi) is 7.53. The number of hydroxylamine groups is 1. The molecule has 140 valence electrons. The Bertz CT molecular complexity index is 700. The molecule has 1 amide bonds. The van der Waals surface area contributed by atoms with Gasteiger partial charge >= 0.3 is 5.97 Å². The summed E-state index contributed by atoms with van der Waals surface area (Å²) in [6.07, 6.45) is -0.950. The first kappa shape index (κ1) is 21.1. The van der Waals surface area contributed by atoms with Crippen molar-refractivity contribution in [3.63, 3.8) is 0 Å². The summed E-state index contributed by atoms with van der Waals surface area (Å²) in [7, 11) is -1.30. The van der Waals surface area contributed by atoms with Crippen molar-refractivity contribution in [3.05, 3.63) is 29.8 Å². The van der Waals surface area contributed by atoms with Gasteiger partial charge in [-0.15, -0.1) is 0 Å². The van der Waals surface area contributed by atoms with E-state index in [9.17, 15) is 18.0 Å². The number of amides is 1. The second-order valence-electron chi connectivity index (χ2n) is 5.81. The number of ether oxygens (including phenoxy) is 1. The molecule has 0 aromatic heterocycles. The van der Waals surface area contributed by atoms with E-state index in [0.29, 0.717) is 11.0 Å². The van der Waals surface area contributed by atoms with Gasteiger partial charge in [-0.05, 0) is 37.1 Å². The first-order valence-corrected chi connectivity index (χ1v) is 9.15. The summed E-state index contributed by atoms with van der Waals surface area (Å²) >= 11 is 0. The molecule has 1 rings (SSSR count). The van der Waals surface area contributed by atoms with E-state index in [1.54, 1.807) is 0 Å². The molecule has 9 heteroatoms. The average Bonchev–Trinajstić information content (AvgIpc) is 2.58. The largest absolute Gasteiger partial charge is 0.449 e. The van der Waals surface area contributed by atoms with E-state index < -0.39 is 22.1 Å². The van der Waals surface area contributed by atoms with Crippen molar-refractivity contribution < 1.29 is 27.6 Å². The molecule has 25 heavy (non-hydrogen) atoms. The number of carbonyl (C=O) groups excluding carboxylic acids is 2. The van der Waals surface area contributed by atoms with Gasteiger partial charge in [-0.2, -0.15) is 0 Å². The van der Waals surface area contributed by atoms with Gasteiger partial charge in [-0.3, -0.25) is 9.63 Å². The molecule has 1 aromatic rings. The topological polar surface area (TPSA) is 102 Å². The number of hydrogen-bond donors (Lipinski definition) is 1. The summed E-state index contributed by atoms with van der Waals surface area (Å²) in [6, 6.07) is 5.17. The second-order valence-corrected chi connectivity index (χ2v) is 7.74. The fourth-order valence-electron chi connectivity index (χ4n) is 1.74. The number of nitrogens with zero attached hydrogens (tertiary/aromatic N) is 1. The van der Waals surface area contributed by atoms with Crippen molar-refractivity contribution in [1.82, 2.24) is 9.79 Å². The Morgan fingerprint density at radius 3 is 2.20 bits per heavy atom. The van der Waals surface area contributed by atoms with E-state index >= 15 is 0 Å². The lowest BCUT2D eigenvalue weighted by Crippen LogP contribution is -2.37. The summed E-state index contributed by atoms with van der Waals surface area (Å²) in [4.78, 5) is 28.5. The van der Waals surface area contributed by atoms with E-state index in [1.165, 1.54) is 45.3 Å². The molecule has 0 bridgehead atoms. The van der Waals surface area contributed by atoms with Crippen molar-refractivity contribution in [2.45, 2.75) is 31.8 Å². The van der Waals surface area contributed by atoms with E-state index in [1.807, 2.05) is 13.8 Å². The quantitative estimate of drug-likeness (QED) is 0.543. The zero-order valence-electron chi connectivity index (χ0n) is 15.0. The fraction of sp³-hybridized carbons (Fsp3) is 0.500. The Balaban J connectivity index is 2.76. The van der Waals surface area contributed by atoms with Crippen molar-refractivity contribution in [2.24, 2.45) is 5.92 Å². The van der Waals surface area contributed by atoms with Crippen LogP contribution in [0.3, 0.4) is 0 Å². The minimum atomic E-state index is -3.79. The maximum absolute atomic E-state index is 12.1. The molecule has 0 aliphatic carbocycles. The molecule has 0 saturated carbocycles. The van der Waals surface area contributed by atoms with E-state index in [4.69, 9.17) is 4.74 Å². The van der Waals surface area contributed by atoms with Crippen LogP contribution >= 0.6 is 0 Å². The predicted molar refractivity (Wildman–Crippen MR) is 91.1 cm³/mol. The molecule has 1 atom stereocenters. The monoisotopic (exact) mass is 372 g/mol. The zero-order valence-corrected chi connectivity index (χ0v) is 15.8. The van der Waals surface area contributed by atoms with Gasteiger partial charge < -0.3 is 10.1 Å². The highest BCUT2D eigenvalue weighted by molar-refractivity contribution is 7.89. The SMILES string of the molecule is CON(C)S(=O)(=O)c1ccc(C(=O)O[C@H](C)C(=O)NCC(C)C)cc1. The summed E-state index contributed by atoms with van der Waals surface area (Å²) in [5.74, 6) is -0.814. The third-order valence-electron chi connectivity index (χ3n) is 3.32. The van der Waals surface area contributed by atoms with Crippen molar-refractivity contribution in [2.75, 3.05) is 20.7 Å². The van der Waals surface area contributed by atoms with Gasteiger partial charge in [0.2, 0.25) is 0 Å². The highest BCUT2D eigenvalue weighted by Crippen LogP contribution is 2.16. The summed E-state index contributed by atoms with van der Waals surface area (Å²) in [5, 5.41) is 2.67. The summed E-state index contributed by atoms with van der Waals surface area (Å²) in [5.41, 5.74) is 0.141. The highest BCUT2D eigenvalue weighted by Gasteiger charge is 2.22. The van der Waals surface area contributed by atoms with Crippen molar-refractivity contribution in [1.29, 1.82) is 0 Å². The van der Waals surface area contributed by atoms with Crippen LogP contribution in [-0.4, -0.2) is 51.6 Å². The van der Waals surface area contributed by atoms with E-state index in [0.717, 1.165) is 0 Å². The van der Waals surface area contributed by atoms with Gasteiger partial charge in [-0.1, -0.05) is 18.3 Å². The molecule has 8 nitrogen and oxygen atoms in total. The lowest BCUT2D eigenvalue weighted by molar-refractivity contribution is -0.129. The lowest BCUT2D eigenvalue weighted by atomic mass is 10.2. The van der Waals surface area contributed by atoms with E-state index in [-0.39, 0.29) is 22.3 Å². The Hall–Kier alpha value is -1.97. The van der Waals surface area contributed by atoms with Crippen molar-refractivity contribution in [3.8, 4) is 0 Å². The second kappa shape index (κ2) is 8.93. The smallest absolute Gasteiger partial charge is 0.338 e. The molecule has 0 aliphatic heterocycles. The van der Waals surface area contributed by atoms with Crippen LogP contribution in [0.2, 0.25) is 0 Å². The number of nitrogens with one attached hydrogen (secondary N) is 1. The van der Waals surface area contributed by atoms with Gasteiger partial charge in [-0.25, -0.2) is 13.2 Å². The standard InChI is InChI=1S/C16H24N2O6S/c1-11(2)10-17-15(19)12(3)24-16(20)13-6-8-14(9-7-13)25(21,22)18(4)23-5/h6-9,11-12H,10H2,1-5H3,(H,17,19)/t12-/m1/s1. The maximum Gasteiger partial charge on any atom is 0.338 e. The van der Waals surface area contributed by atoms with Gasteiger partial charge in [0.15, 0.2) is 6.10 Å².